The summed E-state index contributed by atoms with van der Waals surface area (Å²) in [6.07, 6.45) is -4.63. The number of nitrogens with zero attached hydrogens (tertiary/aromatic N) is 5. The first-order valence-electron chi connectivity index (χ1n) is 9.92. The first-order valence-corrected chi connectivity index (χ1v) is 9.92. The number of esters is 1. The summed E-state index contributed by atoms with van der Waals surface area (Å²) in [4.78, 5) is 29.0. The molecule has 0 spiro atoms. The third kappa shape index (κ3) is 5.78. The number of hydrogen-bond donors (Lipinski definition) is 0. The van der Waals surface area contributed by atoms with Crippen molar-refractivity contribution in [2.45, 2.75) is 13.1 Å². The van der Waals surface area contributed by atoms with E-state index >= 15 is 0 Å². The summed E-state index contributed by atoms with van der Waals surface area (Å²) in [5.74, 6) is 4.30. The molecular weight excluding hydrogens is 463 g/mol. The fourth-order valence-corrected chi connectivity index (χ4v) is 2.96. The number of halogens is 3. The van der Waals surface area contributed by atoms with Crippen LogP contribution in [-0.2, 0) is 10.9 Å². The highest BCUT2D eigenvalue weighted by molar-refractivity contribution is 5.87. The van der Waals surface area contributed by atoms with Gasteiger partial charge in [-0.3, -0.25) is 9.36 Å². The lowest BCUT2D eigenvalue weighted by atomic mass is 10.1. The molecule has 0 saturated heterocycles. The molecule has 35 heavy (non-hydrogen) atoms. The maximum atomic E-state index is 13.2. The zero-order valence-electron chi connectivity index (χ0n) is 18.4. The van der Waals surface area contributed by atoms with Gasteiger partial charge in [0.1, 0.15) is 12.2 Å². The molecule has 0 unspecified atom stereocenters. The van der Waals surface area contributed by atoms with Gasteiger partial charge in [0.25, 0.3) is 5.56 Å². The third-order valence-electron chi connectivity index (χ3n) is 4.66. The normalized spacial score (nSPS) is 11.0. The molecule has 0 fully saturated rings. The second kappa shape index (κ2) is 10.4. The lowest BCUT2D eigenvalue weighted by Crippen LogP contribution is -2.30. The van der Waals surface area contributed by atoms with Crippen LogP contribution in [0, 0.1) is 30.1 Å². The van der Waals surface area contributed by atoms with Crippen LogP contribution in [0.15, 0.2) is 63.6 Å². The van der Waals surface area contributed by atoms with E-state index in [1.165, 1.54) is 13.0 Å². The van der Waals surface area contributed by atoms with E-state index in [2.05, 4.69) is 31.8 Å². The lowest BCUT2D eigenvalue weighted by Gasteiger charge is -2.14. The largest absolute Gasteiger partial charge is 0.464 e. The van der Waals surface area contributed by atoms with E-state index < -0.39 is 29.0 Å². The van der Waals surface area contributed by atoms with Gasteiger partial charge in [0, 0.05) is 5.69 Å². The molecule has 3 aromatic rings. The zero-order chi connectivity index (χ0) is 25.6. The average Bonchev–Trinajstić information content (AvgIpc) is 2.84. The first-order chi connectivity index (χ1) is 16.7. The Morgan fingerprint density at radius 2 is 1.91 bits per heavy atom. The van der Waals surface area contributed by atoms with E-state index in [0.717, 1.165) is 29.9 Å². The third-order valence-corrected chi connectivity index (χ3v) is 4.66. The van der Waals surface area contributed by atoms with Crippen LogP contribution in [0.5, 0.6) is 0 Å². The zero-order valence-corrected chi connectivity index (χ0v) is 18.4. The topological polar surface area (TPSA) is 110 Å². The van der Waals surface area contributed by atoms with Gasteiger partial charge in [-0.25, -0.2) is 9.78 Å². The van der Waals surface area contributed by atoms with Crippen molar-refractivity contribution in [1.29, 1.82) is 5.26 Å². The molecule has 1 heterocycles. The van der Waals surface area contributed by atoms with Crippen molar-refractivity contribution in [2.75, 3.05) is 13.7 Å². The van der Waals surface area contributed by atoms with Crippen molar-refractivity contribution >= 4 is 11.7 Å². The van der Waals surface area contributed by atoms with Crippen molar-refractivity contribution in [2.24, 2.45) is 10.2 Å². The number of nitriles is 1. The van der Waals surface area contributed by atoms with E-state index in [0.29, 0.717) is 11.3 Å². The van der Waals surface area contributed by atoms with Crippen LogP contribution in [0.1, 0.15) is 33.0 Å². The number of carbonyl (C=O) groups excluding carboxylic acids is 1. The fraction of sp³-hybridized carbons (Fsp3) is 0.167. The molecule has 0 aliphatic heterocycles. The van der Waals surface area contributed by atoms with Crippen LogP contribution in [-0.4, -0.2) is 29.2 Å². The Hall–Kier alpha value is -4.77. The summed E-state index contributed by atoms with van der Waals surface area (Å²) in [5, 5.41) is 16.7. The summed E-state index contributed by atoms with van der Waals surface area (Å²) in [6, 6.07) is 12.5. The fourth-order valence-electron chi connectivity index (χ4n) is 2.96. The van der Waals surface area contributed by atoms with Crippen LogP contribution in [0.3, 0.4) is 0 Å². The summed E-state index contributed by atoms with van der Waals surface area (Å²) >= 11 is 0. The Bertz CT molecular complexity index is 1460. The van der Waals surface area contributed by atoms with Gasteiger partial charge in [-0.15, -0.1) is 0 Å². The molecule has 1 aromatic heterocycles. The minimum absolute atomic E-state index is 0.0176. The maximum Gasteiger partial charge on any atom is 0.416 e. The van der Waals surface area contributed by atoms with Gasteiger partial charge < -0.3 is 4.74 Å². The molecule has 0 N–H and O–H groups in total. The SMILES string of the molecule is COC(=O)c1nc(C#CCN=Nc2ccc(C#N)cc2)c(C)n(-c2cccc(C(F)(F)F)c2)c1=O. The van der Waals surface area contributed by atoms with E-state index in [-0.39, 0.29) is 23.6 Å². The van der Waals surface area contributed by atoms with Gasteiger partial charge in [-0.05, 0) is 55.3 Å². The molecule has 0 bridgehead atoms. The van der Waals surface area contributed by atoms with Gasteiger partial charge in [0.2, 0.25) is 5.69 Å². The number of rotatable bonds is 4. The standard InChI is InChI=1S/C24H16F3N5O3/c1-15-20(7-4-12-29-31-18-10-8-16(14-28)9-11-18)30-21(23(34)35-2)22(33)32(15)19-6-3-5-17(13-19)24(25,26)27/h3,5-6,8-11,13H,12H2,1-2H3. The lowest BCUT2D eigenvalue weighted by molar-refractivity contribution is -0.137. The molecule has 0 aliphatic rings. The summed E-state index contributed by atoms with van der Waals surface area (Å²) in [5.41, 5.74) is -1.56. The molecule has 8 nitrogen and oxygen atoms in total. The number of aromatic nitrogens is 2. The molecular formula is C24H16F3N5O3. The first kappa shape index (κ1) is 24.9. The molecule has 0 aliphatic carbocycles. The number of carbonyl (C=O) groups is 1. The molecule has 3 rings (SSSR count). The Kier molecular flexibility index (Phi) is 7.42. The van der Waals surface area contributed by atoms with Crippen LogP contribution in [0.4, 0.5) is 18.9 Å². The highest BCUT2D eigenvalue weighted by atomic mass is 19.4. The quantitative estimate of drug-likeness (QED) is 0.314. The number of alkyl halides is 3. The van der Waals surface area contributed by atoms with E-state index in [4.69, 9.17) is 5.26 Å². The van der Waals surface area contributed by atoms with Gasteiger partial charge in [0.05, 0.1) is 35.7 Å². The molecule has 0 amide bonds. The van der Waals surface area contributed by atoms with Gasteiger partial charge >= 0.3 is 12.1 Å². The molecule has 176 valence electrons. The minimum Gasteiger partial charge on any atom is -0.464 e. The van der Waals surface area contributed by atoms with Crippen molar-refractivity contribution in [3.05, 3.63) is 87.1 Å². The second-order valence-electron chi connectivity index (χ2n) is 6.93. The van der Waals surface area contributed by atoms with Crippen LogP contribution in [0.25, 0.3) is 5.69 Å². The average molecular weight is 479 g/mol. The number of hydrogen-bond acceptors (Lipinski definition) is 7. The molecule has 0 atom stereocenters. The van der Waals surface area contributed by atoms with Gasteiger partial charge in [-0.2, -0.15) is 28.7 Å². The van der Waals surface area contributed by atoms with Crippen molar-refractivity contribution < 1.29 is 22.7 Å². The molecule has 0 saturated carbocycles. The van der Waals surface area contributed by atoms with Crippen LogP contribution >= 0.6 is 0 Å². The Morgan fingerprint density at radius 1 is 1.20 bits per heavy atom. The highest BCUT2D eigenvalue weighted by Crippen LogP contribution is 2.30. The van der Waals surface area contributed by atoms with Crippen molar-refractivity contribution in [3.8, 4) is 23.6 Å². The van der Waals surface area contributed by atoms with Gasteiger partial charge in [-0.1, -0.05) is 12.0 Å². The maximum absolute atomic E-state index is 13.2. The minimum atomic E-state index is -4.63. The predicted octanol–water partition coefficient (Wildman–Crippen LogP) is 4.35. The van der Waals surface area contributed by atoms with Crippen LogP contribution < -0.4 is 5.56 Å². The summed E-state index contributed by atoms with van der Waals surface area (Å²) in [6.45, 7) is 1.37. The molecule has 11 heteroatoms. The number of benzene rings is 2. The highest BCUT2D eigenvalue weighted by Gasteiger charge is 2.31. The molecule has 2 aromatic carbocycles. The monoisotopic (exact) mass is 479 g/mol. The number of methoxy groups -OCH3 is 1. The summed E-state index contributed by atoms with van der Waals surface area (Å²) < 4.78 is 45.1. The number of ether oxygens (including phenoxy) is 1. The summed E-state index contributed by atoms with van der Waals surface area (Å²) in [7, 11) is 1.05. The number of azo groups is 1. The Balaban J connectivity index is 2.00. The second-order valence-corrected chi connectivity index (χ2v) is 6.93. The Labute approximate surface area is 197 Å². The predicted molar refractivity (Wildman–Crippen MR) is 118 cm³/mol. The van der Waals surface area contributed by atoms with E-state index in [1.807, 2.05) is 6.07 Å². The smallest absolute Gasteiger partial charge is 0.416 e. The van der Waals surface area contributed by atoms with Crippen LogP contribution in [0.2, 0.25) is 0 Å². The van der Waals surface area contributed by atoms with E-state index in [1.54, 1.807) is 24.3 Å². The van der Waals surface area contributed by atoms with E-state index in [9.17, 15) is 22.8 Å². The molecule has 0 radical (unpaired) electrons. The Morgan fingerprint density at radius 3 is 2.54 bits per heavy atom. The van der Waals surface area contributed by atoms with Crippen molar-refractivity contribution in [3.63, 3.8) is 0 Å². The van der Waals surface area contributed by atoms with Crippen molar-refractivity contribution in [1.82, 2.24) is 9.55 Å². The van der Waals surface area contributed by atoms with Gasteiger partial charge in [0.15, 0.2) is 0 Å².